The maximum atomic E-state index is 12.9. The topological polar surface area (TPSA) is 89.4 Å². The minimum absolute atomic E-state index is 0.000142. The fourth-order valence-corrected chi connectivity index (χ4v) is 5.74. The molecule has 1 aliphatic heterocycles. The van der Waals surface area contributed by atoms with Gasteiger partial charge in [0.2, 0.25) is 21.7 Å². The second-order valence-corrected chi connectivity index (χ2v) is 10.5. The molecule has 3 heterocycles. The highest BCUT2D eigenvalue weighted by molar-refractivity contribution is 7.89. The van der Waals surface area contributed by atoms with Crippen LogP contribution in [0, 0.1) is 13.8 Å². The zero-order valence-corrected chi connectivity index (χ0v) is 19.3. The molecule has 0 bridgehead atoms. The predicted molar refractivity (Wildman–Crippen MR) is 121 cm³/mol. The van der Waals surface area contributed by atoms with Gasteiger partial charge in [-0.05, 0) is 63.1 Å². The summed E-state index contributed by atoms with van der Waals surface area (Å²) in [5.41, 5.74) is 2.91. The van der Waals surface area contributed by atoms with Gasteiger partial charge in [0.05, 0.1) is 4.90 Å². The van der Waals surface area contributed by atoms with Crippen molar-refractivity contribution in [3.63, 3.8) is 0 Å². The molecule has 32 heavy (non-hydrogen) atoms. The van der Waals surface area contributed by atoms with E-state index in [1.54, 1.807) is 12.1 Å². The molecule has 2 aromatic carbocycles. The standard InChI is InChI=1S/C23H22ClN3O4S/c1-14-3-8-20-19(13-14)15(2)21(30-20)22-25-23(31-26-22)16-9-11-27(12-10-16)32(28,29)18-6-4-17(24)5-7-18/h3-8,13,16H,9-12H2,1-2H3. The first-order valence-corrected chi connectivity index (χ1v) is 12.2. The Morgan fingerprint density at radius 3 is 2.50 bits per heavy atom. The Hall–Kier alpha value is -2.68. The van der Waals surface area contributed by atoms with Crippen molar-refractivity contribution >= 4 is 32.6 Å². The van der Waals surface area contributed by atoms with E-state index >= 15 is 0 Å². The van der Waals surface area contributed by atoms with Crippen LogP contribution in [0.2, 0.25) is 5.02 Å². The van der Waals surface area contributed by atoms with E-state index < -0.39 is 10.0 Å². The molecule has 1 aliphatic rings. The number of aryl methyl sites for hydroxylation is 2. The quantitative estimate of drug-likeness (QED) is 0.400. The molecule has 2 aromatic heterocycles. The van der Waals surface area contributed by atoms with E-state index in [-0.39, 0.29) is 10.8 Å². The number of halogens is 1. The Balaban J connectivity index is 1.32. The molecule has 4 aromatic rings. The number of sulfonamides is 1. The third-order valence-corrected chi connectivity index (χ3v) is 8.16. The zero-order chi connectivity index (χ0) is 22.5. The molecular formula is C23H22ClN3O4S. The highest BCUT2D eigenvalue weighted by Crippen LogP contribution is 2.35. The molecule has 0 atom stereocenters. The van der Waals surface area contributed by atoms with E-state index in [0.29, 0.717) is 48.4 Å². The maximum absolute atomic E-state index is 12.9. The summed E-state index contributed by atoms with van der Waals surface area (Å²) in [5, 5.41) is 5.68. The van der Waals surface area contributed by atoms with Gasteiger partial charge in [0, 0.05) is 35.0 Å². The van der Waals surface area contributed by atoms with Crippen molar-refractivity contribution in [1.29, 1.82) is 0 Å². The van der Waals surface area contributed by atoms with Gasteiger partial charge in [-0.15, -0.1) is 0 Å². The van der Waals surface area contributed by atoms with Crippen molar-refractivity contribution in [1.82, 2.24) is 14.4 Å². The fourth-order valence-electron chi connectivity index (χ4n) is 4.14. The van der Waals surface area contributed by atoms with Gasteiger partial charge in [-0.1, -0.05) is 28.4 Å². The number of piperidine rings is 1. The highest BCUT2D eigenvalue weighted by atomic mass is 35.5. The molecule has 0 aliphatic carbocycles. The summed E-state index contributed by atoms with van der Waals surface area (Å²) in [6.45, 7) is 4.79. The van der Waals surface area contributed by atoms with Crippen LogP contribution in [0.5, 0.6) is 0 Å². The highest BCUT2D eigenvalue weighted by Gasteiger charge is 2.32. The van der Waals surface area contributed by atoms with Crippen LogP contribution in [-0.4, -0.2) is 36.0 Å². The Labute approximate surface area is 191 Å². The van der Waals surface area contributed by atoms with Crippen LogP contribution < -0.4 is 0 Å². The molecule has 0 N–H and O–H groups in total. The summed E-state index contributed by atoms with van der Waals surface area (Å²) >= 11 is 5.88. The lowest BCUT2D eigenvalue weighted by atomic mass is 9.98. The van der Waals surface area contributed by atoms with Crippen molar-refractivity contribution in [2.75, 3.05) is 13.1 Å². The summed E-state index contributed by atoms with van der Waals surface area (Å²) in [7, 11) is -3.55. The molecule has 9 heteroatoms. The molecule has 0 radical (unpaired) electrons. The number of fused-ring (bicyclic) bond motifs is 1. The largest absolute Gasteiger partial charge is 0.452 e. The smallest absolute Gasteiger partial charge is 0.243 e. The van der Waals surface area contributed by atoms with Crippen LogP contribution in [0.25, 0.3) is 22.6 Å². The molecular weight excluding hydrogens is 450 g/mol. The lowest BCUT2D eigenvalue weighted by molar-refractivity contribution is 0.270. The predicted octanol–water partition coefficient (Wildman–Crippen LogP) is 5.32. The normalized spacial score (nSPS) is 16.1. The van der Waals surface area contributed by atoms with Crippen molar-refractivity contribution in [2.45, 2.75) is 37.5 Å². The molecule has 7 nitrogen and oxygen atoms in total. The lowest BCUT2D eigenvalue weighted by Gasteiger charge is -2.29. The van der Waals surface area contributed by atoms with Gasteiger partial charge in [-0.2, -0.15) is 9.29 Å². The van der Waals surface area contributed by atoms with E-state index in [1.165, 1.54) is 16.4 Å². The summed E-state index contributed by atoms with van der Waals surface area (Å²) < 4.78 is 38.8. The zero-order valence-electron chi connectivity index (χ0n) is 17.7. The number of furan rings is 1. The minimum atomic E-state index is -3.55. The van der Waals surface area contributed by atoms with Crippen molar-refractivity contribution in [2.24, 2.45) is 0 Å². The van der Waals surface area contributed by atoms with Gasteiger partial charge in [-0.3, -0.25) is 0 Å². The van der Waals surface area contributed by atoms with Crippen LogP contribution in [-0.2, 0) is 10.0 Å². The number of benzene rings is 2. The van der Waals surface area contributed by atoms with E-state index in [4.69, 9.17) is 20.5 Å². The number of rotatable bonds is 4. The lowest BCUT2D eigenvalue weighted by Crippen LogP contribution is -2.37. The molecule has 0 saturated carbocycles. The second kappa shape index (κ2) is 8.03. The molecule has 0 unspecified atom stereocenters. The maximum Gasteiger partial charge on any atom is 0.243 e. The molecule has 166 valence electrons. The number of nitrogens with zero attached hydrogens (tertiary/aromatic N) is 3. The molecule has 1 fully saturated rings. The van der Waals surface area contributed by atoms with Crippen LogP contribution >= 0.6 is 11.6 Å². The van der Waals surface area contributed by atoms with Crippen LogP contribution in [0.4, 0.5) is 0 Å². The molecule has 1 saturated heterocycles. The van der Waals surface area contributed by atoms with Crippen LogP contribution in [0.1, 0.15) is 35.8 Å². The van der Waals surface area contributed by atoms with E-state index in [1.807, 2.05) is 26.0 Å². The fraction of sp³-hybridized carbons (Fsp3) is 0.304. The minimum Gasteiger partial charge on any atom is -0.452 e. The monoisotopic (exact) mass is 471 g/mol. The van der Waals surface area contributed by atoms with Gasteiger partial charge in [0.25, 0.3) is 0 Å². The van der Waals surface area contributed by atoms with Gasteiger partial charge in [0.15, 0.2) is 5.76 Å². The molecule has 0 spiro atoms. The Morgan fingerprint density at radius 1 is 1.06 bits per heavy atom. The average Bonchev–Trinajstić information content (AvgIpc) is 3.39. The van der Waals surface area contributed by atoms with Crippen LogP contribution in [0.15, 0.2) is 56.3 Å². The SMILES string of the molecule is Cc1ccc2oc(-c3noc(C4CCN(S(=O)(=O)c5ccc(Cl)cc5)CC4)n3)c(C)c2c1. The first kappa shape index (κ1) is 21.2. The van der Waals surface area contributed by atoms with E-state index in [2.05, 4.69) is 16.2 Å². The first-order valence-electron chi connectivity index (χ1n) is 10.4. The van der Waals surface area contributed by atoms with Gasteiger partial charge < -0.3 is 8.94 Å². The van der Waals surface area contributed by atoms with Crippen molar-refractivity contribution in [3.8, 4) is 11.6 Å². The summed E-state index contributed by atoms with van der Waals surface area (Å²) in [5.74, 6) is 1.53. The van der Waals surface area contributed by atoms with E-state index in [9.17, 15) is 8.42 Å². The second-order valence-electron chi connectivity index (χ2n) is 8.14. The summed E-state index contributed by atoms with van der Waals surface area (Å²) in [6.07, 6.45) is 1.21. The molecule has 0 amide bonds. The van der Waals surface area contributed by atoms with Crippen molar-refractivity contribution in [3.05, 3.63) is 64.5 Å². The first-order chi connectivity index (χ1) is 15.3. The van der Waals surface area contributed by atoms with Crippen LogP contribution in [0.3, 0.4) is 0 Å². The van der Waals surface area contributed by atoms with Crippen molar-refractivity contribution < 1.29 is 17.4 Å². The van der Waals surface area contributed by atoms with Gasteiger partial charge in [-0.25, -0.2) is 8.42 Å². The van der Waals surface area contributed by atoms with Gasteiger partial charge >= 0.3 is 0 Å². The third-order valence-electron chi connectivity index (χ3n) is 5.99. The summed E-state index contributed by atoms with van der Waals surface area (Å²) in [6, 6.07) is 12.3. The number of hydrogen-bond acceptors (Lipinski definition) is 6. The third kappa shape index (κ3) is 3.72. The Morgan fingerprint density at radius 2 is 1.78 bits per heavy atom. The number of hydrogen-bond donors (Lipinski definition) is 0. The summed E-state index contributed by atoms with van der Waals surface area (Å²) in [4.78, 5) is 4.83. The number of aromatic nitrogens is 2. The Kier molecular flexibility index (Phi) is 5.31. The van der Waals surface area contributed by atoms with E-state index in [0.717, 1.165) is 22.1 Å². The Bertz CT molecular complexity index is 1380. The van der Waals surface area contributed by atoms with Gasteiger partial charge in [0.1, 0.15) is 5.58 Å². The molecule has 5 rings (SSSR count). The average molecular weight is 472 g/mol.